The zero-order valence-electron chi connectivity index (χ0n) is 7.79. The molecule has 1 fully saturated rings. The molecule has 0 saturated heterocycles. The number of rotatable bonds is 1. The number of halogens is 1. The molecule has 13 heavy (non-hydrogen) atoms. The summed E-state index contributed by atoms with van der Waals surface area (Å²) in [6.45, 7) is 2.06. The van der Waals surface area contributed by atoms with E-state index < -0.39 is 0 Å². The van der Waals surface area contributed by atoms with Gasteiger partial charge in [-0.15, -0.1) is 22.9 Å². The maximum Gasteiger partial charge on any atom is 0.0897 e. The summed E-state index contributed by atoms with van der Waals surface area (Å²) in [4.78, 5) is 4.53. The molecule has 0 aromatic carbocycles. The maximum atomic E-state index is 6.14. The Bertz CT molecular complexity index is 284. The predicted octanol–water partition coefficient (Wildman–Crippen LogP) is 3.72. The number of alkyl halides is 1. The Labute approximate surface area is 88.1 Å². The second kappa shape index (κ2) is 3.97. The van der Waals surface area contributed by atoms with E-state index in [1.54, 1.807) is 11.3 Å². The lowest BCUT2D eigenvalue weighted by Gasteiger charge is -2.23. The quantitative estimate of drug-likeness (QED) is 0.651. The molecule has 1 aliphatic rings. The van der Waals surface area contributed by atoms with Gasteiger partial charge in [-0.2, -0.15) is 0 Å². The number of thiazole rings is 1. The van der Waals surface area contributed by atoms with E-state index in [0.29, 0.717) is 11.3 Å². The van der Waals surface area contributed by atoms with Crippen LogP contribution in [-0.4, -0.2) is 10.4 Å². The summed E-state index contributed by atoms with van der Waals surface area (Å²) in [5, 5.41) is 3.74. The molecule has 0 aliphatic heterocycles. The minimum absolute atomic E-state index is 0.376. The van der Waals surface area contributed by atoms with Crippen LogP contribution in [0.3, 0.4) is 0 Å². The van der Waals surface area contributed by atoms with Crippen LogP contribution in [0.1, 0.15) is 42.3 Å². The molecular formula is C10H14ClNS. The zero-order valence-corrected chi connectivity index (χ0v) is 9.37. The van der Waals surface area contributed by atoms with Gasteiger partial charge in [0, 0.05) is 16.7 Å². The number of hydrogen-bond acceptors (Lipinski definition) is 2. The number of aryl methyl sites for hydroxylation is 1. The van der Waals surface area contributed by atoms with Crippen molar-refractivity contribution in [2.45, 2.75) is 43.9 Å². The Kier molecular flexibility index (Phi) is 2.89. The lowest BCUT2D eigenvalue weighted by molar-refractivity contribution is 0.443. The molecule has 2 unspecified atom stereocenters. The van der Waals surface area contributed by atoms with Crippen LogP contribution in [0.2, 0.25) is 0 Å². The summed E-state index contributed by atoms with van der Waals surface area (Å²) >= 11 is 7.89. The Morgan fingerprint density at radius 1 is 1.54 bits per heavy atom. The van der Waals surface area contributed by atoms with Gasteiger partial charge in [0.25, 0.3) is 0 Å². The van der Waals surface area contributed by atoms with Crippen LogP contribution in [0, 0.1) is 6.92 Å². The Morgan fingerprint density at radius 3 is 3.00 bits per heavy atom. The normalized spacial score (nSPS) is 29.1. The van der Waals surface area contributed by atoms with Gasteiger partial charge in [0.15, 0.2) is 0 Å². The highest BCUT2D eigenvalue weighted by Crippen LogP contribution is 2.35. The second-order valence-corrected chi connectivity index (χ2v) is 5.43. The van der Waals surface area contributed by atoms with E-state index in [4.69, 9.17) is 11.6 Å². The van der Waals surface area contributed by atoms with Crippen LogP contribution >= 0.6 is 22.9 Å². The van der Waals surface area contributed by atoms with Crippen molar-refractivity contribution in [2.24, 2.45) is 0 Å². The van der Waals surface area contributed by atoms with E-state index in [1.807, 2.05) is 0 Å². The Hall–Kier alpha value is -0.0800. The van der Waals surface area contributed by atoms with Crippen LogP contribution in [-0.2, 0) is 0 Å². The van der Waals surface area contributed by atoms with Gasteiger partial charge in [0.1, 0.15) is 0 Å². The summed E-state index contributed by atoms with van der Waals surface area (Å²) in [5.74, 6) is 0.626. The van der Waals surface area contributed by atoms with Crippen molar-refractivity contribution in [3.63, 3.8) is 0 Å². The van der Waals surface area contributed by atoms with Gasteiger partial charge in [0.05, 0.1) is 10.7 Å². The molecular weight excluding hydrogens is 202 g/mol. The van der Waals surface area contributed by atoms with Crippen molar-refractivity contribution in [3.8, 4) is 0 Å². The lowest BCUT2D eigenvalue weighted by atomic mass is 9.87. The van der Waals surface area contributed by atoms with Crippen LogP contribution < -0.4 is 0 Å². The van der Waals surface area contributed by atoms with E-state index in [0.717, 1.165) is 6.42 Å². The summed E-state index contributed by atoms with van der Waals surface area (Å²) < 4.78 is 0. The van der Waals surface area contributed by atoms with Crippen LogP contribution in [0.5, 0.6) is 0 Å². The molecule has 1 saturated carbocycles. The van der Waals surface area contributed by atoms with E-state index in [9.17, 15) is 0 Å². The van der Waals surface area contributed by atoms with Gasteiger partial charge in [-0.25, -0.2) is 4.98 Å². The number of aromatic nitrogens is 1. The summed E-state index contributed by atoms with van der Waals surface area (Å²) in [5.41, 5.74) is 1.27. The number of nitrogens with zero attached hydrogens (tertiary/aromatic N) is 1. The summed E-state index contributed by atoms with van der Waals surface area (Å²) in [6.07, 6.45) is 4.83. The minimum Gasteiger partial charge on any atom is -0.246 e. The summed E-state index contributed by atoms with van der Waals surface area (Å²) in [6, 6.07) is 0. The second-order valence-electron chi connectivity index (χ2n) is 3.75. The molecule has 3 heteroatoms. The fourth-order valence-electron chi connectivity index (χ4n) is 1.97. The molecule has 72 valence electrons. The largest absolute Gasteiger partial charge is 0.246 e. The Morgan fingerprint density at radius 2 is 2.38 bits per heavy atom. The van der Waals surface area contributed by atoms with E-state index in [1.165, 1.54) is 30.0 Å². The van der Waals surface area contributed by atoms with Gasteiger partial charge >= 0.3 is 0 Å². The maximum absolute atomic E-state index is 6.14. The monoisotopic (exact) mass is 215 g/mol. The van der Waals surface area contributed by atoms with Crippen LogP contribution in [0.4, 0.5) is 0 Å². The SMILES string of the molecule is Cc1nc(C2CCCC(Cl)C2)cs1. The molecule has 2 atom stereocenters. The lowest BCUT2D eigenvalue weighted by Crippen LogP contribution is -2.14. The third-order valence-corrected chi connectivity index (χ3v) is 3.85. The molecule has 0 amide bonds. The highest BCUT2D eigenvalue weighted by Gasteiger charge is 2.23. The molecule has 1 heterocycles. The van der Waals surface area contributed by atoms with Gasteiger partial charge in [-0.3, -0.25) is 0 Å². The molecule has 0 bridgehead atoms. The summed E-state index contributed by atoms with van der Waals surface area (Å²) in [7, 11) is 0. The van der Waals surface area contributed by atoms with Gasteiger partial charge in [-0.1, -0.05) is 6.42 Å². The molecule has 0 N–H and O–H groups in total. The van der Waals surface area contributed by atoms with Crippen molar-refractivity contribution in [1.29, 1.82) is 0 Å². The van der Waals surface area contributed by atoms with Crippen LogP contribution in [0.25, 0.3) is 0 Å². The van der Waals surface area contributed by atoms with Gasteiger partial charge in [0.2, 0.25) is 0 Å². The van der Waals surface area contributed by atoms with Gasteiger partial charge in [-0.05, 0) is 26.2 Å². The first kappa shape index (κ1) is 9.47. The van der Waals surface area contributed by atoms with Gasteiger partial charge < -0.3 is 0 Å². The third-order valence-electron chi connectivity index (χ3n) is 2.67. The van der Waals surface area contributed by atoms with Crippen LogP contribution in [0.15, 0.2) is 5.38 Å². The topological polar surface area (TPSA) is 12.9 Å². The molecule has 1 nitrogen and oxygen atoms in total. The smallest absolute Gasteiger partial charge is 0.0897 e. The Balaban J connectivity index is 2.08. The fourth-order valence-corrected chi connectivity index (χ4v) is 3.03. The fraction of sp³-hybridized carbons (Fsp3) is 0.700. The molecule has 2 rings (SSSR count). The molecule has 0 radical (unpaired) electrons. The average molecular weight is 216 g/mol. The first-order valence-corrected chi connectivity index (χ1v) is 6.13. The predicted molar refractivity (Wildman–Crippen MR) is 57.7 cm³/mol. The third kappa shape index (κ3) is 2.23. The highest BCUT2D eigenvalue weighted by atomic mass is 35.5. The van der Waals surface area contributed by atoms with E-state index in [-0.39, 0.29) is 0 Å². The first-order valence-electron chi connectivity index (χ1n) is 4.82. The van der Waals surface area contributed by atoms with Crippen molar-refractivity contribution in [1.82, 2.24) is 4.98 Å². The van der Waals surface area contributed by atoms with Crippen molar-refractivity contribution in [3.05, 3.63) is 16.1 Å². The average Bonchev–Trinajstić information content (AvgIpc) is 2.52. The zero-order chi connectivity index (χ0) is 9.26. The van der Waals surface area contributed by atoms with Crippen molar-refractivity contribution >= 4 is 22.9 Å². The molecule has 1 aromatic rings. The van der Waals surface area contributed by atoms with Crippen molar-refractivity contribution in [2.75, 3.05) is 0 Å². The molecule has 0 spiro atoms. The van der Waals surface area contributed by atoms with E-state index in [2.05, 4.69) is 17.3 Å². The number of hydrogen-bond donors (Lipinski definition) is 0. The standard InChI is InChI=1S/C10H14ClNS/c1-7-12-10(6-13-7)8-3-2-4-9(11)5-8/h6,8-9H,2-5H2,1H3. The van der Waals surface area contributed by atoms with Crippen molar-refractivity contribution < 1.29 is 0 Å². The first-order chi connectivity index (χ1) is 6.25. The molecule has 1 aromatic heterocycles. The van der Waals surface area contributed by atoms with E-state index >= 15 is 0 Å². The molecule has 1 aliphatic carbocycles. The highest BCUT2D eigenvalue weighted by molar-refractivity contribution is 7.09. The minimum atomic E-state index is 0.376.